The predicted molar refractivity (Wildman–Crippen MR) is 101 cm³/mol. The Hall–Kier alpha value is -4.05. The smallest absolute Gasteiger partial charge is 0.266 e. The molecule has 1 amide bonds. The van der Waals surface area contributed by atoms with E-state index in [0.29, 0.717) is 5.69 Å². The summed E-state index contributed by atoms with van der Waals surface area (Å²) in [4.78, 5) is 25.0. The van der Waals surface area contributed by atoms with Crippen LogP contribution in [-0.2, 0) is 0 Å². The molecular weight excluding hydrogens is 342 g/mol. The van der Waals surface area contributed by atoms with Crippen LogP contribution in [0.15, 0.2) is 70.6 Å². The molecule has 0 fully saturated rings. The summed E-state index contributed by atoms with van der Waals surface area (Å²) in [5, 5.41) is 17.4. The number of rotatable bonds is 4. The number of hydrazone groups is 1. The Morgan fingerprint density at radius 2 is 1.78 bits per heavy atom. The number of hydrogen-bond acceptors (Lipinski definition) is 5. The van der Waals surface area contributed by atoms with Gasteiger partial charge in [-0.05, 0) is 24.6 Å². The maximum absolute atomic E-state index is 12.5. The number of nitrogens with one attached hydrogen (secondary N) is 1. The van der Waals surface area contributed by atoms with E-state index in [9.17, 15) is 14.9 Å². The average Bonchev–Trinajstić information content (AvgIpc) is 2.70. The number of nitriles is 1. The van der Waals surface area contributed by atoms with Gasteiger partial charge in [-0.2, -0.15) is 20.1 Å². The van der Waals surface area contributed by atoms with Crippen molar-refractivity contribution in [3.8, 4) is 11.8 Å². The molecule has 7 heteroatoms. The molecule has 0 aliphatic carbocycles. The van der Waals surface area contributed by atoms with Gasteiger partial charge in [0.15, 0.2) is 5.69 Å². The molecule has 1 N–H and O–H groups in total. The Morgan fingerprint density at radius 1 is 1.15 bits per heavy atom. The SMILES string of the molecule is Cc1c(C(=O)N/N=C\c2ccccc2)nn(-c2ccccc2)c(=O)c1C#N. The third-order valence-corrected chi connectivity index (χ3v) is 3.84. The summed E-state index contributed by atoms with van der Waals surface area (Å²) in [6.45, 7) is 1.51. The molecule has 132 valence electrons. The average molecular weight is 357 g/mol. The Balaban J connectivity index is 1.97. The number of nitrogens with zero attached hydrogens (tertiary/aromatic N) is 4. The van der Waals surface area contributed by atoms with Crippen LogP contribution in [0.3, 0.4) is 0 Å². The lowest BCUT2D eigenvalue weighted by Gasteiger charge is -2.10. The fourth-order valence-electron chi connectivity index (χ4n) is 2.45. The molecule has 0 bridgehead atoms. The number of amides is 1. The van der Waals surface area contributed by atoms with Gasteiger partial charge in [0.1, 0.15) is 11.6 Å². The number of carbonyl (C=O) groups excluding carboxylic acids is 1. The van der Waals surface area contributed by atoms with E-state index in [4.69, 9.17) is 0 Å². The summed E-state index contributed by atoms with van der Waals surface area (Å²) in [5.41, 5.74) is 3.11. The fraction of sp³-hybridized carbons (Fsp3) is 0.0500. The summed E-state index contributed by atoms with van der Waals surface area (Å²) in [6.07, 6.45) is 1.49. The predicted octanol–water partition coefficient (Wildman–Crippen LogP) is 2.18. The molecule has 0 aliphatic heterocycles. The summed E-state index contributed by atoms with van der Waals surface area (Å²) in [5.74, 6) is -0.610. The van der Waals surface area contributed by atoms with E-state index in [1.165, 1.54) is 13.1 Å². The molecule has 1 heterocycles. The van der Waals surface area contributed by atoms with Crippen molar-refractivity contribution < 1.29 is 4.79 Å². The number of para-hydroxylation sites is 1. The molecule has 0 spiro atoms. The number of carbonyl (C=O) groups is 1. The lowest BCUT2D eigenvalue weighted by atomic mass is 10.1. The molecule has 2 aromatic carbocycles. The van der Waals surface area contributed by atoms with Crippen LogP contribution in [0, 0.1) is 18.3 Å². The zero-order chi connectivity index (χ0) is 19.2. The van der Waals surface area contributed by atoms with E-state index < -0.39 is 11.5 Å². The normalized spacial score (nSPS) is 10.5. The first-order valence-electron chi connectivity index (χ1n) is 8.09. The van der Waals surface area contributed by atoms with Gasteiger partial charge in [0.25, 0.3) is 11.5 Å². The van der Waals surface area contributed by atoms with Crippen LogP contribution in [-0.4, -0.2) is 21.9 Å². The highest BCUT2D eigenvalue weighted by atomic mass is 16.2. The van der Waals surface area contributed by atoms with Crippen LogP contribution in [0.2, 0.25) is 0 Å². The van der Waals surface area contributed by atoms with Crippen LogP contribution in [0.1, 0.15) is 27.2 Å². The lowest BCUT2D eigenvalue weighted by Crippen LogP contribution is -2.31. The van der Waals surface area contributed by atoms with Crippen LogP contribution in [0.25, 0.3) is 5.69 Å². The molecule has 1 aromatic heterocycles. The quantitative estimate of drug-likeness (QED) is 0.571. The van der Waals surface area contributed by atoms with Gasteiger partial charge < -0.3 is 0 Å². The standard InChI is InChI=1S/C20H15N5O2/c1-14-17(12-21)20(27)25(16-10-6-3-7-11-16)24-18(14)19(26)23-22-13-15-8-4-2-5-9-15/h2-11,13H,1H3,(H,23,26)/b22-13-. The van der Waals surface area contributed by atoms with Gasteiger partial charge in [-0.1, -0.05) is 48.5 Å². The number of aromatic nitrogens is 2. The van der Waals surface area contributed by atoms with E-state index in [2.05, 4.69) is 15.6 Å². The summed E-state index contributed by atoms with van der Waals surface area (Å²) < 4.78 is 1.04. The number of benzene rings is 2. The second kappa shape index (κ2) is 7.89. The molecule has 0 radical (unpaired) electrons. The van der Waals surface area contributed by atoms with E-state index >= 15 is 0 Å². The van der Waals surface area contributed by atoms with Crippen LogP contribution >= 0.6 is 0 Å². The van der Waals surface area contributed by atoms with Crippen LogP contribution in [0.5, 0.6) is 0 Å². The van der Waals surface area contributed by atoms with Gasteiger partial charge in [0, 0.05) is 5.56 Å². The van der Waals surface area contributed by atoms with Crippen molar-refractivity contribution in [2.45, 2.75) is 6.92 Å². The van der Waals surface area contributed by atoms with Crippen molar-refractivity contribution in [3.05, 3.63) is 93.4 Å². The van der Waals surface area contributed by atoms with Gasteiger partial charge in [0.05, 0.1) is 11.9 Å². The van der Waals surface area contributed by atoms with Crippen LogP contribution in [0.4, 0.5) is 0 Å². The molecule has 0 aliphatic rings. The molecular formula is C20H15N5O2. The van der Waals surface area contributed by atoms with Crippen molar-refractivity contribution in [1.29, 1.82) is 5.26 Å². The first-order chi connectivity index (χ1) is 13.1. The minimum absolute atomic E-state index is 0.0415. The van der Waals surface area contributed by atoms with Gasteiger partial charge in [-0.3, -0.25) is 9.59 Å². The molecule has 0 atom stereocenters. The summed E-state index contributed by atoms with van der Waals surface area (Å²) in [6, 6.07) is 19.7. The number of hydrogen-bond donors (Lipinski definition) is 1. The molecule has 7 nitrogen and oxygen atoms in total. The Labute approximate surface area is 155 Å². The van der Waals surface area contributed by atoms with Crippen molar-refractivity contribution in [1.82, 2.24) is 15.2 Å². The molecule has 3 aromatic rings. The summed E-state index contributed by atoms with van der Waals surface area (Å²) >= 11 is 0. The van der Waals surface area contributed by atoms with Crippen molar-refractivity contribution in [3.63, 3.8) is 0 Å². The van der Waals surface area contributed by atoms with Gasteiger partial charge in [0.2, 0.25) is 0 Å². The first kappa shape index (κ1) is 17.8. The molecule has 0 saturated carbocycles. The summed E-state index contributed by atoms with van der Waals surface area (Å²) in [7, 11) is 0. The molecule has 27 heavy (non-hydrogen) atoms. The molecule has 0 saturated heterocycles. The molecule has 3 rings (SSSR count). The topological polar surface area (TPSA) is 100 Å². The maximum Gasteiger partial charge on any atom is 0.292 e. The Morgan fingerprint density at radius 3 is 2.41 bits per heavy atom. The third kappa shape index (κ3) is 3.80. The third-order valence-electron chi connectivity index (χ3n) is 3.84. The highest BCUT2D eigenvalue weighted by Gasteiger charge is 2.19. The molecule has 0 unspecified atom stereocenters. The second-order valence-corrected chi connectivity index (χ2v) is 5.62. The van der Waals surface area contributed by atoms with Gasteiger partial charge >= 0.3 is 0 Å². The Kier molecular flexibility index (Phi) is 5.19. The highest BCUT2D eigenvalue weighted by Crippen LogP contribution is 2.10. The highest BCUT2D eigenvalue weighted by molar-refractivity contribution is 5.94. The lowest BCUT2D eigenvalue weighted by molar-refractivity contribution is 0.0947. The van der Waals surface area contributed by atoms with Crippen molar-refractivity contribution in [2.75, 3.05) is 0 Å². The first-order valence-corrected chi connectivity index (χ1v) is 8.09. The van der Waals surface area contributed by atoms with Gasteiger partial charge in [-0.15, -0.1) is 0 Å². The Bertz CT molecular complexity index is 1100. The zero-order valence-corrected chi connectivity index (χ0v) is 14.5. The van der Waals surface area contributed by atoms with E-state index in [0.717, 1.165) is 10.2 Å². The van der Waals surface area contributed by atoms with Crippen LogP contribution < -0.4 is 11.0 Å². The minimum Gasteiger partial charge on any atom is -0.266 e. The second-order valence-electron chi connectivity index (χ2n) is 5.62. The largest absolute Gasteiger partial charge is 0.292 e. The van der Waals surface area contributed by atoms with E-state index in [1.54, 1.807) is 30.3 Å². The zero-order valence-electron chi connectivity index (χ0n) is 14.5. The maximum atomic E-state index is 12.5. The van der Waals surface area contributed by atoms with Crippen molar-refractivity contribution in [2.24, 2.45) is 5.10 Å². The minimum atomic E-state index is -0.610. The van der Waals surface area contributed by atoms with E-state index in [1.807, 2.05) is 36.4 Å². The van der Waals surface area contributed by atoms with E-state index in [-0.39, 0.29) is 16.8 Å². The van der Waals surface area contributed by atoms with Gasteiger partial charge in [-0.25, -0.2) is 5.43 Å². The van der Waals surface area contributed by atoms with Crippen molar-refractivity contribution >= 4 is 12.1 Å². The fourth-order valence-corrected chi connectivity index (χ4v) is 2.45. The monoisotopic (exact) mass is 357 g/mol.